The maximum absolute atomic E-state index is 11.4. The number of rotatable bonds is 2. The first-order valence-electron chi connectivity index (χ1n) is 5.02. The summed E-state index contributed by atoms with van der Waals surface area (Å²) in [4.78, 5) is 11.4. The SMILES string of the molecule is O=c1occc(O)c1Cc1c(O)cc(O)cc1O. The summed E-state index contributed by atoms with van der Waals surface area (Å²) in [6, 6.07) is 3.23. The van der Waals surface area contributed by atoms with Crippen LogP contribution in [0.5, 0.6) is 23.0 Å². The summed E-state index contributed by atoms with van der Waals surface area (Å²) in [7, 11) is 0. The molecule has 0 saturated carbocycles. The van der Waals surface area contributed by atoms with Crippen molar-refractivity contribution in [2.75, 3.05) is 0 Å². The second-order valence-electron chi connectivity index (χ2n) is 3.71. The highest BCUT2D eigenvalue weighted by molar-refractivity contribution is 5.51. The number of benzene rings is 1. The minimum absolute atomic E-state index is 0.0154. The molecule has 4 N–H and O–H groups in total. The molecule has 1 aromatic heterocycles. The average Bonchev–Trinajstić information content (AvgIpc) is 2.26. The average molecular weight is 250 g/mol. The van der Waals surface area contributed by atoms with E-state index in [9.17, 15) is 20.1 Å². The zero-order valence-electron chi connectivity index (χ0n) is 9.12. The van der Waals surface area contributed by atoms with E-state index >= 15 is 0 Å². The molecule has 0 aliphatic rings. The van der Waals surface area contributed by atoms with Gasteiger partial charge in [-0.05, 0) is 0 Å². The standard InChI is InChI=1S/C12H10O6/c13-6-3-10(15)7(11(16)4-6)5-8-9(14)1-2-18-12(8)17/h1-4,13-16H,5H2. The van der Waals surface area contributed by atoms with Gasteiger partial charge in [-0.15, -0.1) is 0 Å². The third-order valence-corrected chi connectivity index (χ3v) is 2.50. The van der Waals surface area contributed by atoms with Gasteiger partial charge in [0.2, 0.25) is 0 Å². The summed E-state index contributed by atoms with van der Waals surface area (Å²) >= 11 is 0. The van der Waals surface area contributed by atoms with E-state index in [0.717, 1.165) is 18.4 Å². The van der Waals surface area contributed by atoms with Gasteiger partial charge >= 0.3 is 5.63 Å². The maximum Gasteiger partial charge on any atom is 0.342 e. The quantitative estimate of drug-likeness (QED) is 0.634. The highest BCUT2D eigenvalue weighted by Gasteiger charge is 2.15. The van der Waals surface area contributed by atoms with Crippen LogP contribution >= 0.6 is 0 Å². The summed E-state index contributed by atoms with van der Waals surface area (Å²) in [6.45, 7) is 0. The van der Waals surface area contributed by atoms with Crippen molar-refractivity contribution in [1.82, 2.24) is 0 Å². The van der Waals surface area contributed by atoms with Gasteiger partial charge in [0.25, 0.3) is 0 Å². The lowest BCUT2D eigenvalue weighted by atomic mass is 10.0. The third kappa shape index (κ3) is 2.08. The Morgan fingerprint density at radius 2 is 1.56 bits per heavy atom. The van der Waals surface area contributed by atoms with E-state index in [2.05, 4.69) is 4.42 Å². The fourth-order valence-electron chi connectivity index (χ4n) is 1.58. The molecular weight excluding hydrogens is 240 g/mol. The molecule has 0 bridgehead atoms. The van der Waals surface area contributed by atoms with Crippen LogP contribution in [-0.2, 0) is 6.42 Å². The first-order chi connectivity index (χ1) is 8.49. The molecular formula is C12H10O6. The van der Waals surface area contributed by atoms with Crippen LogP contribution in [0.2, 0.25) is 0 Å². The van der Waals surface area contributed by atoms with Crippen molar-refractivity contribution >= 4 is 0 Å². The van der Waals surface area contributed by atoms with Gasteiger partial charge in [0.05, 0.1) is 11.8 Å². The predicted molar refractivity (Wildman–Crippen MR) is 60.9 cm³/mol. The van der Waals surface area contributed by atoms with Gasteiger partial charge in [-0.3, -0.25) is 0 Å². The van der Waals surface area contributed by atoms with E-state index in [0.29, 0.717) is 0 Å². The molecule has 2 rings (SSSR count). The molecule has 0 amide bonds. The zero-order chi connectivity index (χ0) is 13.3. The summed E-state index contributed by atoms with van der Waals surface area (Å²) in [6.07, 6.45) is 0.824. The Labute approximate surface area is 101 Å². The molecule has 0 aliphatic heterocycles. The molecule has 1 heterocycles. The van der Waals surface area contributed by atoms with Crippen LogP contribution in [-0.4, -0.2) is 20.4 Å². The number of hydrogen-bond acceptors (Lipinski definition) is 6. The van der Waals surface area contributed by atoms with Crippen LogP contribution in [0.1, 0.15) is 11.1 Å². The lowest BCUT2D eigenvalue weighted by Crippen LogP contribution is -2.07. The van der Waals surface area contributed by atoms with Crippen LogP contribution in [0, 0.1) is 0 Å². The first kappa shape index (κ1) is 11.8. The normalized spacial score (nSPS) is 10.4. The number of aromatic hydroxyl groups is 4. The Bertz CT molecular complexity index is 620. The van der Waals surface area contributed by atoms with Gasteiger partial charge in [-0.2, -0.15) is 0 Å². The molecule has 18 heavy (non-hydrogen) atoms. The number of hydrogen-bond donors (Lipinski definition) is 4. The molecule has 6 heteroatoms. The number of phenols is 3. The summed E-state index contributed by atoms with van der Waals surface area (Å²) in [5.74, 6) is -1.36. The molecule has 0 atom stereocenters. The van der Waals surface area contributed by atoms with Crippen molar-refractivity contribution in [3.8, 4) is 23.0 Å². The minimum Gasteiger partial charge on any atom is -0.508 e. The third-order valence-electron chi connectivity index (χ3n) is 2.50. The van der Waals surface area contributed by atoms with Crippen LogP contribution in [0.3, 0.4) is 0 Å². The largest absolute Gasteiger partial charge is 0.508 e. The van der Waals surface area contributed by atoms with E-state index in [-0.39, 0.29) is 40.5 Å². The van der Waals surface area contributed by atoms with Gasteiger partial charge in [0, 0.05) is 30.2 Å². The van der Waals surface area contributed by atoms with Crippen molar-refractivity contribution < 1.29 is 24.8 Å². The topological polar surface area (TPSA) is 111 Å². The highest BCUT2D eigenvalue weighted by atomic mass is 16.4. The Balaban J connectivity index is 2.50. The Morgan fingerprint density at radius 3 is 2.11 bits per heavy atom. The van der Waals surface area contributed by atoms with Crippen LogP contribution < -0.4 is 5.63 Å². The van der Waals surface area contributed by atoms with E-state index in [1.807, 2.05) is 0 Å². The van der Waals surface area contributed by atoms with E-state index in [4.69, 9.17) is 5.11 Å². The molecule has 94 valence electrons. The molecule has 1 aromatic carbocycles. The zero-order valence-corrected chi connectivity index (χ0v) is 9.12. The minimum atomic E-state index is -0.762. The molecule has 0 radical (unpaired) electrons. The summed E-state index contributed by atoms with van der Waals surface area (Å²) < 4.78 is 4.59. The first-order valence-corrected chi connectivity index (χ1v) is 5.02. The van der Waals surface area contributed by atoms with Crippen molar-refractivity contribution in [1.29, 1.82) is 0 Å². The van der Waals surface area contributed by atoms with Crippen LogP contribution in [0.4, 0.5) is 0 Å². The molecule has 0 spiro atoms. The van der Waals surface area contributed by atoms with Gasteiger partial charge in [-0.25, -0.2) is 4.79 Å². The molecule has 6 nitrogen and oxygen atoms in total. The van der Waals surface area contributed by atoms with Crippen molar-refractivity contribution in [3.63, 3.8) is 0 Å². The lowest BCUT2D eigenvalue weighted by molar-refractivity contribution is 0.416. The molecule has 0 fully saturated rings. The molecule has 0 unspecified atom stereocenters. The Morgan fingerprint density at radius 1 is 0.944 bits per heavy atom. The Hall–Kier alpha value is -2.63. The van der Waals surface area contributed by atoms with E-state index in [1.54, 1.807) is 0 Å². The monoisotopic (exact) mass is 250 g/mol. The van der Waals surface area contributed by atoms with Gasteiger partial charge < -0.3 is 24.8 Å². The summed E-state index contributed by atoms with van der Waals surface area (Å²) in [5, 5.41) is 37.8. The molecule has 2 aromatic rings. The van der Waals surface area contributed by atoms with Gasteiger partial charge in [0.1, 0.15) is 23.0 Å². The van der Waals surface area contributed by atoms with Crippen molar-refractivity contribution in [2.24, 2.45) is 0 Å². The second kappa shape index (κ2) is 4.33. The fourth-order valence-corrected chi connectivity index (χ4v) is 1.58. The van der Waals surface area contributed by atoms with E-state index < -0.39 is 5.63 Å². The van der Waals surface area contributed by atoms with Gasteiger partial charge in [-0.1, -0.05) is 0 Å². The number of phenolic OH excluding ortho intramolecular Hbond substituents is 3. The Kier molecular flexibility index (Phi) is 2.85. The highest BCUT2D eigenvalue weighted by Crippen LogP contribution is 2.34. The van der Waals surface area contributed by atoms with Crippen LogP contribution in [0.25, 0.3) is 0 Å². The van der Waals surface area contributed by atoms with Crippen molar-refractivity contribution in [3.05, 3.63) is 46.0 Å². The smallest absolute Gasteiger partial charge is 0.342 e. The van der Waals surface area contributed by atoms with Crippen molar-refractivity contribution in [2.45, 2.75) is 6.42 Å². The predicted octanol–water partition coefficient (Wildman–Crippen LogP) is 1.05. The van der Waals surface area contributed by atoms with Crippen LogP contribution in [0.15, 0.2) is 33.7 Å². The fraction of sp³-hybridized carbons (Fsp3) is 0.0833. The lowest BCUT2D eigenvalue weighted by Gasteiger charge is -2.08. The molecule has 0 aliphatic carbocycles. The maximum atomic E-state index is 11.4. The molecule has 0 saturated heterocycles. The second-order valence-corrected chi connectivity index (χ2v) is 3.71. The van der Waals surface area contributed by atoms with E-state index in [1.165, 1.54) is 6.07 Å². The summed E-state index contributed by atoms with van der Waals surface area (Å²) in [5.41, 5.74) is -0.836. The van der Waals surface area contributed by atoms with Gasteiger partial charge in [0.15, 0.2) is 0 Å².